The summed E-state index contributed by atoms with van der Waals surface area (Å²) in [7, 11) is 0. The van der Waals surface area contributed by atoms with E-state index in [0.29, 0.717) is 22.8 Å². The number of fused-ring (bicyclic) bond motifs is 1. The highest BCUT2D eigenvalue weighted by Crippen LogP contribution is 2.34. The third-order valence-corrected chi connectivity index (χ3v) is 3.30. The monoisotopic (exact) mass is 282 g/mol. The van der Waals surface area contributed by atoms with Crippen molar-refractivity contribution in [2.24, 2.45) is 0 Å². The Morgan fingerprint density at radius 3 is 2.76 bits per heavy atom. The van der Waals surface area contributed by atoms with Gasteiger partial charge in [0.25, 0.3) is 0 Å². The fourth-order valence-corrected chi connectivity index (χ4v) is 2.34. The molecule has 0 saturated carbocycles. The van der Waals surface area contributed by atoms with E-state index in [9.17, 15) is 9.90 Å². The molecule has 2 N–H and O–H groups in total. The first kappa shape index (κ1) is 12.8. The Hall–Kier alpha value is -3.21. The van der Waals surface area contributed by atoms with E-state index in [1.165, 1.54) is 4.68 Å². The van der Waals surface area contributed by atoms with Crippen molar-refractivity contribution >= 4 is 11.9 Å². The fourth-order valence-electron chi connectivity index (χ4n) is 2.34. The number of hydrogen-bond donors (Lipinski definition) is 2. The molecule has 0 bridgehead atoms. The maximum absolute atomic E-state index is 11.6. The number of anilines is 1. The van der Waals surface area contributed by atoms with E-state index in [2.05, 4.69) is 20.8 Å². The number of carboxylic acid groups (broad SMARTS) is 1. The third-order valence-electron chi connectivity index (χ3n) is 3.30. The minimum absolute atomic E-state index is 0.166. The van der Waals surface area contributed by atoms with Crippen molar-refractivity contribution in [1.82, 2.24) is 20.2 Å². The van der Waals surface area contributed by atoms with Crippen LogP contribution in [-0.4, -0.2) is 31.3 Å². The lowest BCUT2D eigenvalue weighted by Gasteiger charge is -2.26. The lowest BCUT2D eigenvalue weighted by molar-refractivity contribution is -0.133. The highest BCUT2D eigenvalue weighted by molar-refractivity contribution is 5.90. The molecule has 8 heteroatoms. The number of aliphatic carboxylic acids is 1. The average Bonchev–Trinajstić information content (AvgIpc) is 2.93. The number of tetrazole rings is 1. The molecule has 1 aromatic carbocycles. The van der Waals surface area contributed by atoms with Crippen LogP contribution in [0.5, 0.6) is 0 Å². The van der Waals surface area contributed by atoms with Crippen LogP contribution in [0.2, 0.25) is 0 Å². The van der Waals surface area contributed by atoms with Crippen molar-refractivity contribution in [1.29, 1.82) is 5.26 Å². The van der Waals surface area contributed by atoms with E-state index in [1.54, 1.807) is 31.2 Å². The van der Waals surface area contributed by atoms with Gasteiger partial charge in [-0.05, 0) is 35.0 Å². The molecule has 1 aromatic heterocycles. The Labute approximate surface area is 119 Å². The second kappa shape index (κ2) is 4.72. The van der Waals surface area contributed by atoms with Gasteiger partial charge in [-0.15, -0.1) is 0 Å². The minimum atomic E-state index is -1.05. The molecule has 0 saturated heterocycles. The molecule has 104 valence electrons. The lowest BCUT2D eigenvalue weighted by atomic mass is 9.95. The van der Waals surface area contributed by atoms with E-state index in [1.807, 2.05) is 6.07 Å². The summed E-state index contributed by atoms with van der Waals surface area (Å²) in [5.74, 6) is -0.664. The van der Waals surface area contributed by atoms with Crippen LogP contribution in [0, 0.1) is 11.3 Å². The molecule has 0 amide bonds. The molecule has 0 radical (unpaired) electrons. The summed E-state index contributed by atoms with van der Waals surface area (Å²) in [4.78, 5) is 11.6. The predicted molar refractivity (Wildman–Crippen MR) is 71.1 cm³/mol. The van der Waals surface area contributed by atoms with Crippen molar-refractivity contribution in [2.75, 3.05) is 5.32 Å². The van der Waals surface area contributed by atoms with Crippen LogP contribution in [-0.2, 0) is 4.79 Å². The van der Waals surface area contributed by atoms with E-state index >= 15 is 0 Å². The summed E-state index contributed by atoms with van der Waals surface area (Å²) >= 11 is 0. The smallest absolute Gasteiger partial charge is 0.335 e. The van der Waals surface area contributed by atoms with Crippen molar-refractivity contribution in [3.8, 4) is 6.07 Å². The zero-order chi connectivity index (χ0) is 15.0. The molecule has 0 fully saturated rings. The van der Waals surface area contributed by atoms with Gasteiger partial charge in [-0.25, -0.2) is 4.79 Å². The van der Waals surface area contributed by atoms with Gasteiger partial charge < -0.3 is 10.4 Å². The molecule has 2 aromatic rings. The molecule has 0 spiro atoms. The number of nitrogens with one attached hydrogen (secondary N) is 1. The van der Waals surface area contributed by atoms with Crippen LogP contribution >= 0.6 is 0 Å². The van der Waals surface area contributed by atoms with E-state index in [-0.39, 0.29) is 5.57 Å². The van der Waals surface area contributed by atoms with Gasteiger partial charge in [-0.3, -0.25) is 0 Å². The number of benzene rings is 1. The Morgan fingerprint density at radius 1 is 1.43 bits per heavy atom. The molecule has 3 rings (SSSR count). The summed E-state index contributed by atoms with van der Waals surface area (Å²) in [6.07, 6.45) is 0. The molecular weight excluding hydrogens is 272 g/mol. The molecule has 8 nitrogen and oxygen atoms in total. The summed E-state index contributed by atoms with van der Waals surface area (Å²) in [5, 5.41) is 32.4. The van der Waals surface area contributed by atoms with Crippen molar-refractivity contribution < 1.29 is 9.90 Å². The molecule has 2 heterocycles. The first-order chi connectivity index (χ1) is 10.1. The third kappa shape index (κ3) is 2.01. The molecule has 1 unspecified atom stereocenters. The van der Waals surface area contributed by atoms with Gasteiger partial charge in [0, 0.05) is 5.70 Å². The zero-order valence-corrected chi connectivity index (χ0v) is 11.0. The topological polar surface area (TPSA) is 117 Å². The number of carboxylic acids is 1. The number of rotatable bonds is 2. The van der Waals surface area contributed by atoms with Gasteiger partial charge in [0.1, 0.15) is 6.04 Å². The molecule has 1 aliphatic heterocycles. The number of aromatic nitrogens is 4. The summed E-state index contributed by atoms with van der Waals surface area (Å²) < 4.78 is 1.41. The van der Waals surface area contributed by atoms with E-state index < -0.39 is 12.0 Å². The number of hydrogen-bond acceptors (Lipinski definition) is 6. The maximum Gasteiger partial charge on any atom is 0.335 e. The molecule has 0 aliphatic carbocycles. The van der Waals surface area contributed by atoms with E-state index in [4.69, 9.17) is 5.26 Å². The lowest BCUT2D eigenvalue weighted by Crippen LogP contribution is -2.28. The average molecular weight is 282 g/mol. The highest BCUT2D eigenvalue weighted by atomic mass is 16.4. The first-order valence-corrected chi connectivity index (χ1v) is 6.11. The summed E-state index contributed by atoms with van der Waals surface area (Å²) in [6.45, 7) is 1.66. The number of allylic oxidation sites excluding steroid dienone is 1. The second-order valence-electron chi connectivity index (χ2n) is 4.55. The quantitative estimate of drug-likeness (QED) is 0.840. The van der Waals surface area contributed by atoms with Crippen LogP contribution in [0.15, 0.2) is 35.5 Å². The van der Waals surface area contributed by atoms with Gasteiger partial charge in [0.15, 0.2) is 0 Å². The van der Waals surface area contributed by atoms with Crippen molar-refractivity contribution in [3.05, 3.63) is 46.7 Å². The molecule has 21 heavy (non-hydrogen) atoms. The Morgan fingerprint density at radius 2 is 2.14 bits per heavy atom. The highest BCUT2D eigenvalue weighted by Gasteiger charge is 2.33. The first-order valence-electron chi connectivity index (χ1n) is 6.11. The second-order valence-corrected chi connectivity index (χ2v) is 4.55. The largest absolute Gasteiger partial charge is 0.478 e. The molecule has 1 aliphatic rings. The van der Waals surface area contributed by atoms with Crippen molar-refractivity contribution in [3.63, 3.8) is 0 Å². The van der Waals surface area contributed by atoms with E-state index in [0.717, 1.165) is 0 Å². The predicted octanol–water partition coefficient (Wildman–Crippen LogP) is 0.918. The van der Waals surface area contributed by atoms with Crippen LogP contribution in [0.3, 0.4) is 0 Å². The zero-order valence-electron chi connectivity index (χ0n) is 11.0. The SMILES string of the molecule is CC1=C(C(=O)O)C(c2ccc(C#N)cc2)n2nnnc2N1. The van der Waals surface area contributed by atoms with Gasteiger partial charge >= 0.3 is 5.97 Å². The van der Waals surface area contributed by atoms with Crippen molar-refractivity contribution in [2.45, 2.75) is 13.0 Å². The molecule has 1 atom stereocenters. The Balaban J connectivity index is 2.17. The van der Waals surface area contributed by atoms with Crippen LogP contribution in [0.4, 0.5) is 5.95 Å². The number of nitrogens with zero attached hydrogens (tertiary/aromatic N) is 5. The molecular formula is C13H10N6O2. The fraction of sp³-hybridized carbons (Fsp3) is 0.154. The normalized spacial score (nSPS) is 16.9. The van der Waals surface area contributed by atoms with Crippen LogP contribution in [0.1, 0.15) is 24.1 Å². The summed E-state index contributed by atoms with van der Waals surface area (Å²) in [5.41, 5.74) is 1.85. The standard InChI is InChI=1S/C13H10N6O2/c1-7-10(12(20)21)11(19-13(15-7)16-17-18-19)9-4-2-8(6-14)3-5-9/h2-5,11H,1H3,(H,20,21)(H,15,16,18). The van der Waals surface area contributed by atoms with Crippen LogP contribution < -0.4 is 5.32 Å². The minimum Gasteiger partial charge on any atom is -0.478 e. The van der Waals surface area contributed by atoms with Gasteiger partial charge in [0.2, 0.25) is 5.95 Å². The van der Waals surface area contributed by atoms with Crippen LogP contribution in [0.25, 0.3) is 0 Å². The summed E-state index contributed by atoms with van der Waals surface area (Å²) in [6, 6.07) is 8.07. The maximum atomic E-state index is 11.6. The number of nitriles is 1. The number of carbonyl (C=O) groups is 1. The Kier molecular flexibility index (Phi) is 2.88. The Bertz CT molecular complexity index is 784. The van der Waals surface area contributed by atoms with Gasteiger partial charge in [-0.2, -0.15) is 9.94 Å². The van der Waals surface area contributed by atoms with Gasteiger partial charge in [-0.1, -0.05) is 17.2 Å². The van der Waals surface area contributed by atoms with Gasteiger partial charge in [0.05, 0.1) is 17.2 Å².